The summed E-state index contributed by atoms with van der Waals surface area (Å²) in [4.78, 5) is 3.60. The minimum Gasteiger partial charge on any atom is -0.862 e. The first-order chi connectivity index (χ1) is 7.06. The van der Waals surface area contributed by atoms with Crippen molar-refractivity contribution in [2.45, 2.75) is 26.5 Å². The van der Waals surface area contributed by atoms with Crippen molar-refractivity contribution < 1.29 is 19.4 Å². The van der Waals surface area contributed by atoms with E-state index in [0.717, 1.165) is 0 Å². The van der Waals surface area contributed by atoms with Crippen LogP contribution in [0.15, 0.2) is 22.2 Å². The molecule has 1 N–H and O–H groups in total. The summed E-state index contributed by atoms with van der Waals surface area (Å²) in [6.45, 7) is 6.78. The molecule has 1 unspecified atom stereocenters. The average molecular weight is 211 g/mol. The van der Waals surface area contributed by atoms with Crippen LogP contribution in [0, 0.1) is 0 Å². The van der Waals surface area contributed by atoms with Gasteiger partial charge in [-0.2, -0.15) is 0 Å². The van der Waals surface area contributed by atoms with Gasteiger partial charge >= 0.3 is 11.6 Å². The summed E-state index contributed by atoms with van der Waals surface area (Å²) in [6.07, 6.45) is 0.792. The number of hydrogen-bond donors (Lipinski definition) is 1. The van der Waals surface area contributed by atoms with Crippen molar-refractivity contribution in [1.29, 1.82) is 0 Å². The van der Waals surface area contributed by atoms with Crippen LogP contribution in [-0.4, -0.2) is 16.3 Å². The second kappa shape index (κ2) is 4.70. The van der Waals surface area contributed by atoms with E-state index in [0.29, 0.717) is 12.2 Å². The van der Waals surface area contributed by atoms with Gasteiger partial charge in [0.2, 0.25) is 5.27 Å². The van der Waals surface area contributed by atoms with E-state index >= 15 is 0 Å². The van der Waals surface area contributed by atoms with Crippen LogP contribution in [0.25, 0.3) is 0 Å². The minimum atomic E-state index is -0.811. The maximum Gasteiger partial charge on any atom is 0.326 e. The molecular weight excluding hydrogens is 198 g/mol. The smallest absolute Gasteiger partial charge is 0.326 e. The van der Waals surface area contributed by atoms with E-state index in [4.69, 9.17) is 4.52 Å². The number of nitrogens with zero attached hydrogens (tertiary/aromatic N) is 3. The zero-order valence-corrected chi connectivity index (χ0v) is 8.67. The number of rotatable bonds is 4. The van der Waals surface area contributed by atoms with Gasteiger partial charge in [-0.3, -0.25) is 4.52 Å². The predicted octanol–water partition coefficient (Wildman–Crippen LogP) is -0.388. The molecule has 0 aliphatic rings. The van der Waals surface area contributed by atoms with Gasteiger partial charge in [0, 0.05) is 0 Å². The minimum absolute atomic E-state index is 0.0411. The highest BCUT2D eigenvalue weighted by atomic mass is 16.5. The Hall–Kier alpha value is -1.69. The average Bonchev–Trinajstić information content (AvgIpc) is 2.47. The number of aromatic nitrogens is 2. The zero-order valence-electron chi connectivity index (χ0n) is 8.67. The number of hydrogen-bond acceptors (Lipinski definition) is 5. The molecule has 0 fully saturated rings. The molecule has 0 amide bonds. The van der Waals surface area contributed by atoms with Gasteiger partial charge in [0.15, 0.2) is 6.54 Å². The van der Waals surface area contributed by atoms with Gasteiger partial charge in [-0.05, 0) is 30.5 Å². The molecule has 82 valence electrons. The van der Waals surface area contributed by atoms with Gasteiger partial charge in [0.1, 0.15) is 6.10 Å². The fraction of sp³-hybridized carbons (Fsp3) is 0.444. The molecule has 15 heavy (non-hydrogen) atoms. The number of allylic oxidation sites excluding steroid dienone is 1. The molecule has 1 aromatic heterocycles. The Bertz CT molecular complexity index is 378. The number of aliphatic hydroxyl groups excluding tert-OH is 1. The van der Waals surface area contributed by atoms with Crippen LogP contribution in [0.4, 0.5) is 5.88 Å². The molecule has 1 rings (SSSR count). The first-order valence-electron chi connectivity index (χ1n) is 4.47. The summed E-state index contributed by atoms with van der Waals surface area (Å²) in [5.41, 5.74) is 0.366. The highest BCUT2D eigenvalue weighted by Gasteiger charge is 2.27. The Balaban J connectivity index is 3.17. The van der Waals surface area contributed by atoms with Crippen molar-refractivity contribution in [2.24, 2.45) is 4.99 Å². The van der Waals surface area contributed by atoms with Gasteiger partial charge in [-0.15, -0.1) is 0 Å². The molecule has 0 aliphatic carbocycles. The third-order valence-corrected chi connectivity index (χ3v) is 1.68. The molecular formula is C9H13N3O3. The lowest BCUT2D eigenvalue weighted by molar-refractivity contribution is -0.762. The quantitative estimate of drug-likeness (QED) is 0.318. The Morgan fingerprint density at radius 3 is 3.00 bits per heavy atom. The van der Waals surface area contributed by atoms with Gasteiger partial charge in [0.25, 0.3) is 0 Å². The van der Waals surface area contributed by atoms with E-state index in [1.807, 2.05) is 0 Å². The second-order valence-electron chi connectivity index (χ2n) is 3.04. The van der Waals surface area contributed by atoms with E-state index in [1.54, 1.807) is 13.0 Å². The summed E-state index contributed by atoms with van der Waals surface area (Å²) in [6, 6.07) is 0. The fourth-order valence-electron chi connectivity index (χ4n) is 1.16. The van der Waals surface area contributed by atoms with Crippen molar-refractivity contribution >= 4 is 11.8 Å². The van der Waals surface area contributed by atoms with E-state index in [1.165, 1.54) is 11.6 Å². The monoisotopic (exact) mass is 211 g/mol. The maximum atomic E-state index is 10.8. The van der Waals surface area contributed by atoms with E-state index in [-0.39, 0.29) is 5.88 Å². The van der Waals surface area contributed by atoms with Crippen LogP contribution in [0.5, 0.6) is 0 Å². The third-order valence-electron chi connectivity index (χ3n) is 1.68. The molecule has 1 heterocycles. The highest BCUT2D eigenvalue weighted by Crippen LogP contribution is 2.21. The van der Waals surface area contributed by atoms with E-state index < -0.39 is 12.0 Å². The van der Waals surface area contributed by atoms with Gasteiger partial charge in [0.05, 0.1) is 0 Å². The van der Waals surface area contributed by atoms with E-state index in [2.05, 4.69) is 16.8 Å². The largest absolute Gasteiger partial charge is 0.862 e. The number of aliphatic hydroxyl groups is 1. The molecule has 6 heteroatoms. The molecule has 1 aromatic rings. The SMILES string of the molecule is C=CC[n+]1noc(/N=C(\C)[O-])c1C(C)O. The lowest BCUT2D eigenvalue weighted by Gasteiger charge is -2.00. The molecule has 0 bridgehead atoms. The Kier molecular flexibility index (Phi) is 3.56. The zero-order chi connectivity index (χ0) is 11.4. The lowest BCUT2D eigenvalue weighted by Crippen LogP contribution is -2.39. The summed E-state index contributed by atoms with van der Waals surface area (Å²) < 4.78 is 6.24. The standard InChI is InChI=1S/C9H13N3O3/c1-4-5-12-8(6(2)13)9(15-11-12)10-7(3)14/h4,6,13H,1,5H2,2-3H3. The van der Waals surface area contributed by atoms with Crippen LogP contribution in [0.1, 0.15) is 25.6 Å². The fourth-order valence-corrected chi connectivity index (χ4v) is 1.16. The molecule has 0 radical (unpaired) electrons. The summed E-state index contributed by atoms with van der Waals surface area (Å²) in [5.74, 6) is -0.363. The topological polar surface area (TPSA) is 85.6 Å². The first kappa shape index (κ1) is 11.4. The molecule has 0 spiro atoms. The van der Waals surface area contributed by atoms with E-state index in [9.17, 15) is 10.2 Å². The summed E-state index contributed by atoms with van der Waals surface area (Å²) >= 11 is 0. The van der Waals surface area contributed by atoms with Crippen molar-refractivity contribution in [3.8, 4) is 0 Å². The predicted molar refractivity (Wildman–Crippen MR) is 50.3 cm³/mol. The Labute approximate surface area is 87.1 Å². The van der Waals surface area contributed by atoms with Crippen LogP contribution in [0.3, 0.4) is 0 Å². The van der Waals surface area contributed by atoms with Crippen molar-refractivity contribution in [2.75, 3.05) is 0 Å². The van der Waals surface area contributed by atoms with Crippen molar-refractivity contribution in [3.63, 3.8) is 0 Å². The molecule has 0 saturated heterocycles. The first-order valence-corrected chi connectivity index (χ1v) is 4.47. The normalized spacial score (nSPS) is 13.9. The molecule has 0 saturated carbocycles. The Morgan fingerprint density at radius 1 is 1.87 bits per heavy atom. The maximum absolute atomic E-state index is 10.8. The van der Waals surface area contributed by atoms with Gasteiger partial charge in [-0.25, -0.2) is 4.99 Å². The van der Waals surface area contributed by atoms with Crippen LogP contribution in [0.2, 0.25) is 0 Å². The van der Waals surface area contributed by atoms with Crippen LogP contribution >= 0.6 is 0 Å². The van der Waals surface area contributed by atoms with Crippen LogP contribution in [-0.2, 0) is 6.54 Å². The van der Waals surface area contributed by atoms with Gasteiger partial charge in [-0.1, -0.05) is 6.58 Å². The third kappa shape index (κ3) is 2.63. The number of aliphatic imine (C=N–C) groups is 1. The molecule has 6 nitrogen and oxygen atoms in total. The molecule has 0 aromatic carbocycles. The van der Waals surface area contributed by atoms with Crippen molar-refractivity contribution in [1.82, 2.24) is 5.27 Å². The van der Waals surface area contributed by atoms with Crippen molar-refractivity contribution in [3.05, 3.63) is 18.3 Å². The molecule has 1 atom stereocenters. The lowest BCUT2D eigenvalue weighted by atomic mass is 10.3. The highest BCUT2D eigenvalue weighted by molar-refractivity contribution is 5.71. The summed E-state index contributed by atoms with van der Waals surface area (Å²) in [5, 5.41) is 23.9. The molecule has 0 aliphatic heterocycles. The van der Waals surface area contributed by atoms with Crippen LogP contribution < -0.4 is 9.79 Å². The Morgan fingerprint density at radius 2 is 2.53 bits per heavy atom. The second-order valence-corrected chi connectivity index (χ2v) is 3.04. The summed E-state index contributed by atoms with van der Waals surface area (Å²) in [7, 11) is 0. The van der Waals surface area contributed by atoms with Gasteiger partial charge < -0.3 is 10.2 Å².